The van der Waals surface area contributed by atoms with Gasteiger partial charge in [-0.2, -0.15) is 13.2 Å². The van der Waals surface area contributed by atoms with Crippen molar-refractivity contribution in [1.29, 1.82) is 0 Å². The lowest BCUT2D eigenvalue weighted by Gasteiger charge is -2.15. The third kappa shape index (κ3) is 8.07. The lowest BCUT2D eigenvalue weighted by Crippen LogP contribution is -2.28. The van der Waals surface area contributed by atoms with Crippen molar-refractivity contribution >= 4 is 5.97 Å². The Kier molecular flexibility index (Phi) is 9.44. The van der Waals surface area contributed by atoms with E-state index in [-0.39, 0.29) is 19.6 Å². The van der Waals surface area contributed by atoms with Crippen LogP contribution in [0, 0.1) is 0 Å². The van der Waals surface area contributed by atoms with Gasteiger partial charge in [-0.1, -0.05) is 42.5 Å². The standard InChI is InChI=1S/C27H28F4N2O3/c1-35-26(34)13-22-5-2-3-8-25(22)36-16-19-9-18(15-33-17-27(29,30)31)10-23(11-19)20-6-4-7-21(12-20)24(32)14-28/h2-12,24,33H,13-17,32H2,1H3/t24-/m1/s1. The number of rotatable bonds is 11. The Hall–Kier alpha value is -3.43. The fraction of sp³-hybridized carbons (Fsp3) is 0.296. The van der Waals surface area contributed by atoms with Gasteiger partial charge in [0.15, 0.2) is 0 Å². The van der Waals surface area contributed by atoms with Crippen molar-refractivity contribution in [3.63, 3.8) is 0 Å². The number of hydrogen-bond donors (Lipinski definition) is 2. The topological polar surface area (TPSA) is 73.6 Å². The molecule has 0 bridgehead atoms. The predicted molar refractivity (Wildman–Crippen MR) is 129 cm³/mol. The third-order valence-electron chi connectivity index (χ3n) is 5.45. The zero-order valence-electron chi connectivity index (χ0n) is 19.8. The average Bonchev–Trinajstić information content (AvgIpc) is 2.86. The highest BCUT2D eigenvalue weighted by molar-refractivity contribution is 5.73. The van der Waals surface area contributed by atoms with Gasteiger partial charge < -0.3 is 20.5 Å². The molecule has 0 aliphatic carbocycles. The van der Waals surface area contributed by atoms with Gasteiger partial charge >= 0.3 is 12.1 Å². The maximum absolute atomic E-state index is 13.1. The van der Waals surface area contributed by atoms with Gasteiger partial charge in [-0.3, -0.25) is 4.79 Å². The number of nitrogens with one attached hydrogen (secondary N) is 1. The second kappa shape index (κ2) is 12.5. The van der Waals surface area contributed by atoms with Gasteiger partial charge in [-0.05, 0) is 52.1 Å². The molecule has 0 unspecified atom stereocenters. The van der Waals surface area contributed by atoms with Gasteiger partial charge in [0.05, 0.1) is 26.1 Å². The molecule has 36 heavy (non-hydrogen) atoms. The highest BCUT2D eigenvalue weighted by atomic mass is 19.4. The summed E-state index contributed by atoms with van der Waals surface area (Å²) in [5.74, 6) is 0.0957. The van der Waals surface area contributed by atoms with Gasteiger partial charge in [0.1, 0.15) is 19.0 Å². The monoisotopic (exact) mass is 504 g/mol. The van der Waals surface area contributed by atoms with Crippen molar-refractivity contribution in [3.8, 4) is 16.9 Å². The Balaban J connectivity index is 1.88. The summed E-state index contributed by atoms with van der Waals surface area (Å²) in [5, 5.41) is 2.41. The van der Waals surface area contributed by atoms with Crippen LogP contribution in [0.15, 0.2) is 66.7 Å². The summed E-state index contributed by atoms with van der Waals surface area (Å²) in [5.41, 5.74) is 9.92. The molecule has 192 valence electrons. The van der Waals surface area contributed by atoms with Gasteiger partial charge in [0.25, 0.3) is 0 Å². The van der Waals surface area contributed by atoms with Crippen LogP contribution in [0.25, 0.3) is 11.1 Å². The van der Waals surface area contributed by atoms with Crippen molar-refractivity contribution < 1.29 is 31.8 Å². The number of hydrogen-bond acceptors (Lipinski definition) is 5. The summed E-state index contributed by atoms with van der Waals surface area (Å²) in [7, 11) is 1.31. The van der Waals surface area contributed by atoms with Crippen molar-refractivity contribution in [2.45, 2.75) is 31.8 Å². The molecule has 0 saturated carbocycles. The predicted octanol–water partition coefficient (Wildman–Crippen LogP) is 5.27. The Morgan fingerprint density at radius 3 is 2.47 bits per heavy atom. The first-order valence-corrected chi connectivity index (χ1v) is 11.3. The maximum atomic E-state index is 13.1. The number of benzene rings is 3. The molecule has 0 saturated heterocycles. The molecule has 1 atom stereocenters. The number of carbonyl (C=O) groups is 1. The highest BCUT2D eigenvalue weighted by Crippen LogP contribution is 2.27. The number of carbonyl (C=O) groups excluding carboxylic acids is 1. The first kappa shape index (κ1) is 27.2. The number of halogens is 4. The van der Waals surface area contributed by atoms with E-state index in [1.165, 1.54) is 7.11 Å². The van der Waals surface area contributed by atoms with E-state index < -0.39 is 31.4 Å². The van der Waals surface area contributed by atoms with Crippen LogP contribution in [0.1, 0.15) is 28.3 Å². The van der Waals surface area contributed by atoms with Crippen LogP contribution in [0.3, 0.4) is 0 Å². The highest BCUT2D eigenvalue weighted by Gasteiger charge is 2.26. The Bertz CT molecular complexity index is 1170. The largest absolute Gasteiger partial charge is 0.489 e. The summed E-state index contributed by atoms with van der Waals surface area (Å²) in [4.78, 5) is 11.7. The van der Waals surface area contributed by atoms with Crippen molar-refractivity contribution in [2.24, 2.45) is 5.73 Å². The molecule has 3 aromatic carbocycles. The Morgan fingerprint density at radius 2 is 1.75 bits per heavy atom. The molecule has 0 radical (unpaired) electrons. The van der Waals surface area contributed by atoms with E-state index >= 15 is 0 Å². The smallest absolute Gasteiger partial charge is 0.401 e. The van der Waals surface area contributed by atoms with E-state index in [1.54, 1.807) is 54.6 Å². The summed E-state index contributed by atoms with van der Waals surface area (Å²) in [6, 6.07) is 18.8. The van der Waals surface area contributed by atoms with Crippen LogP contribution in [0.2, 0.25) is 0 Å². The zero-order chi connectivity index (χ0) is 26.1. The number of ether oxygens (including phenoxy) is 2. The first-order valence-electron chi connectivity index (χ1n) is 11.3. The molecule has 9 heteroatoms. The van der Waals surface area contributed by atoms with Gasteiger partial charge in [-0.15, -0.1) is 0 Å². The first-order chi connectivity index (χ1) is 17.2. The SMILES string of the molecule is COC(=O)Cc1ccccc1OCc1cc(CNCC(F)(F)F)cc(-c2cccc([C@H](N)CF)c2)c1. The molecule has 3 N–H and O–H groups in total. The third-order valence-corrected chi connectivity index (χ3v) is 5.45. The molecule has 0 amide bonds. The molecule has 5 nitrogen and oxygen atoms in total. The molecule has 0 aromatic heterocycles. The maximum Gasteiger partial charge on any atom is 0.401 e. The van der Waals surface area contributed by atoms with Crippen LogP contribution < -0.4 is 15.8 Å². The number of esters is 1. The van der Waals surface area contributed by atoms with Gasteiger partial charge in [-0.25, -0.2) is 4.39 Å². The minimum absolute atomic E-state index is 0.0110. The minimum Gasteiger partial charge on any atom is -0.489 e. The van der Waals surface area contributed by atoms with Crippen LogP contribution in [-0.2, 0) is 29.1 Å². The van der Waals surface area contributed by atoms with Crippen LogP contribution >= 0.6 is 0 Å². The minimum atomic E-state index is -4.33. The normalized spacial score (nSPS) is 12.3. The van der Waals surface area contributed by atoms with E-state index in [2.05, 4.69) is 5.32 Å². The number of para-hydroxylation sites is 1. The fourth-order valence-corrected chi connectivity index (χ4v) is 3.68. The summed E-state index contributed by atoms with van der Waals surface area (Å²) < 4.78 is 61.7. The molecule has 0 aliphatic heterocycles. The van der Waals surface area contributed by atoms with E-state index in [1.807, 2.05) is 12.1 Å². The zero-order valence-corrected chi connectivity index (χ0v) is 19.8. The molecular weight excluding hydrogens is 476 g/mol. The second-order valence-electron chi connectivity index (χ2n) is 8.29. The lowest BCUT2D eigenvalue weighted by atomic mass is 9.97. The quantitative estimate of drug-likeness (QED) is 0.275. The van der Waals surface area contributed by atoms with E-state index in [9.17, 15) is 22.4 Å². The molecule has 0 heterocycles. The van der Waals surface area contributed by atoms with E-state index in [0.29, 0.717) is 28.0 Å². The summed E-state index contributed by atoms with van der Waals surface area (Å²) >= 11 is 0. The molecule has 3 aromatic rings. The second-order valence-corrected chi connectivity index (χ2v) is 8.29. The molecule has 3 rings (SSSR count). The number of alkyl halides is 4. The summed E-state index contributed by atoms with van der Waals surface area (Å²) in [6.45, 7) is -1.73. The van der Waals surface area contributed by atoms with Crippen LogP contribution in [0.5, 0.6) is 5.75 Å². The lowest BCUT2D eigenvalue weighted by molar-refractivity contribution is -0.139. The molecule has 0 fully saturated rings. The van der Waals surface area contributed by atoms with Crippen LogP contribution in [0.4, 0.5) is 17.6 Å². The van der Waals surface area contributed by atoms with Crippen molar-refractivity contribution in [3.05, 3.63) is 89.0 Å². The average molecular weight is 505 g/mol. The molecular formula is C27H28F4N2O3. The van der Waals surface area contributed by atoms with Crippen molar-refractivity contribution in [2.75, 3.05) is 20.3 Å². The van der Waals surface area contributed by atoms with Crippen LogP contribution in [-0.4, -0.2) is 32.5 Å². The Labute approximate surface area is 207 Å². The molecule has 0 aliphatic rings. The number of nitrogens with two attached hydrogens (primary N) is 1. The fourth-order valence-electron chi connectivity index (χ4n) is 3.68. The Morgan fingerprint density at radius 1 is 1.00 bits per heavy atom. The molecule has 0 spiro atoms. The summed E-state index contributed by atoms with van der Waals surface area (Å²) in [6.07, 6.45) is -4.29. The van der Waals surface area contributed by atoms with Gasteiger partial charge in [0, 0.05) is 12.1 Å². The van der Waals surface area contributed by atoms with E-state index in [4.69, 9.17) is 15.2 Å². The van der Waals surface area contributed by atoms with Gasteiger partial charge in [0.2, 0.25) is 0 Å². The van der Waals surface area contributed by atoms with E-state index in [0.717, 1.165) is 11.1 Å². The number of methoxy groups -OCH3 is 1. The van der Waals surface area contributed by atoms with Crippen molar-refractivity contribution in [1.82, 2.24) is 5.32 Å².